The van der Waals surface area contributed by atoms with E-state index in [9.17, 15) is 10.2 Å². The molecule has 0 bridgehead atoms. The molecule has 0 amide bonds. The van der Waals surface area contributed by atoms with Crippen LogP contribution < -0.4 is 4.90 Å². The highest BCUT2D eigenvalue weighted by molar-refractivity contribution is 9.10. The van der Waals surface area contributed by atoms with Gasteiger partial charge >= 0.3 is 0 Å². The molecule has 1 saturated heterocycles. The molecule has 3 nitrogen and oxygen atoms in total. The van der Waals surface area contributed by atoms with Crippen LogP contribution in [0.25, 0.3) is 0 Å². The minimum absolute atomic E-state index is 0.262. The fourth-order valence-electron chi connectivity index (χ4n) is 2.31. The van der Waals surface area contributed by atoms with E-state index in [1.54, 1.807) is 6.92 Å². The van der Waals surface area contributed by atoms with Crippen molar-refractivity contribution in [3.8, 4) is 0 Å². The zero-order chi connectivity index (χ0) is 13.3. The summed E-state index contributed by atoms with van der Waals surface area (Å²) in [7, 11) is 0. The van der Waals surface area contributed by atoms with Crippen molar-refractivity contribution in [1.82, 2.24) is 0 Å². The monoisotopic (exact) mass is 313 g/mol. The topological polar surface area (TPSA) is 43.7 Å². The van der Waals surface area contributed by atoms with E-state index in [1.807, 2.05) is 18.2 Å². The molecular weight excluding hydrogens is 294 g/mol. The minimum Gasteiger partial charge on any atom is -0.391 e. The molecule has 1 fully saturated rings. The standard InChI is InChI=1S/C14H20BrNO2/c1-9-5-6-16(8-14(9)18)13-4-3-11(10(2)17)7-12(13)15/h3-4,7,9-10,14,17-18H,5-6,8H2,1-2H3/t9?,10-,14?/m0/s1. The lowest BCUT2D eigenvalue weighted by Gasteiger charge is -2.36. The molecule has 1 aliphatic heterocycles. The van der Waals surface area contributed by atoms with Gasteiger partial charge in [-0.2, -0.15) is 0 Å². The zero-order valence-electron chi connectivity index (χ0n) is 10.8. The van der Waals surface area contributed by atoms with E-state index in [-0.39, 0.29) is 6.10 Å². The lowest BCUT2D eigenvalue weighted by atomic mass is 9.95. The Hall–Kier alpha value is -0.580. The summed E-state index contributed by atoms with van der Waals surface area (Å²) in [6.07, 6.45) is 0.288. The maximum atomic E-state index is 9.95. The molecule has 2 rings (SSSR count). The van der Waals surface area contributed by atoms with Crippen molar-refractivity contribution in [2.75, 3.05) is 18.0 Å². The molecule has 0 aromatic heterocycles. The van der Waals surface area contributed by atoms with Gasteiger partial charge in [0, 0.05) is 17.6 Å². The van der Waals surface area contributed by atoms with E-state index in [4.69, 9.17) is 0 Å². The average molecular weight is 314 g/mol. The maximum Gasteiger partial charge on any atom is 0.0762 e. The van der Waals surface area contributed by atoms with Crippen molar-refractivity contribution in [1.29, 1.82) is 0 Å². The molecule has 2 N–H and O–H groups in total. The van der Waals surface area contributed by atoms with E-state index in [2.05, 4.69) is 27.8 Å². The van der Waals surface area contributed by atoms with Crippen LogP contribution in [0, 0.1) is 5.92 Å². The highest BCUT2D eigenvalue weighted by Gasteiger charge is 2.25. The van der Waals surface area contributed by atoms with Gasteiger partial charge in [0.25, 0.3) is 0 Å². The maximum absolute atomic E-state index is 9.95. The van der Waals surface area contributed by atoms with Crippen molar-refractivity contribution >= 4 is 21.6 Å². The van der Waals surface area contributed by atoms with Crippen molar-refractivity contribution in [2.24, 2.45) is 5.92 Å². The molecule has 0 aliphatic carbocycles. The summed E-state index contributed by atoms with van der Waals surface area (Å²) in [5, 5.41) is 19.5. The van der Waals surface area contributed by atoms with Gasteiger partial charge in [-0.05, 0) is 52.9 Å². The average Bonchev–Trinajstić information content (AvgIpc) is 2.32. The largest absolute Gasteiger partial charge is 0.391 e. The van der Waals surface area contributed by atoms with Crippen molar-refractivity contribution in [3.63, 3.8) is 0 Å². The predicted octanol–water partition coefficient (Wildman–Crippen LogP) is 2.71. The first-order valence-corrected chi connectivity index (χ1v) is 7.19. The first-order chi connectivity index (χ1) is 8.49. The van der Waals surface area contributed by atoms with Gasteiger partial charge in [-0.3, -0.25) is 0 Å². The Morgan fingerprint density at radius 2 is 2.17 bits per heavy atom. The molecule has 1 aromatic carbocycles. The highest BCUT2D eigenvalue weighted by Crippen LogP contribution is 2.32. The van der Waals surface area contributed by atoms with E-state index < -0.39 is 6.10 Å². The van der Waals surface area contributed by atoms with Crippen molar-refractivity contribution in [2.45, 2.75) is 32.5 Å². The third-order valence-electron chi connectivity index (χ3n) is 3.71. The number of halogens is 1. The summed E-state index contributed by atoms with van der Waals surface area (Å²) >= 11 is 3.55. The normalized spacial score (nSPS) is 26.2. The minimum atomic E-state index is -0.456. The summed E-state index contributed by atoms with van der Waals surface area (Å²) < 4.78 is 0.975. The van der Waals surface area contributed by atoms with Gasteiger partial charge in [0.05, 0.1) is 17.9 Å². The molecule has 1 heterocycles. The molecule has 2 unspecified atom stereocenters. The Kier molecular flexibility index (Phi) is 4.30. The number of hydrogen-bond acceptors (Lipinski definition) is 3. The fraction of sp³-hybridized carbons (Fsp3) is 0.571. The summed E-state index contributed by atoms with van der Waals surface area (Å²) in [6.45, 7) is 5.49. The second kappa shape index (κ2) is 5.59. The fourth-order valence-corrected chi connectivity index (χ4v) is 2.95. The van der Waals surface area contributed by atoms with Crippen LogP contribution in [0.5, 0.6) is 0 Å². The zero-order valence-corrected chi connectivity index (χ0v) is 12.4. The third kappa shape index (κ3) is 2.87. The van der Waals surface area contributed by atoms with Gasteiger partial charge in [0.15, 0.2) is 0 Å². The number of β-amino-alcohol motifs (C(OH)–C–C–N with tert-alkyl or cyclic N) is 1. The number of anilines is 1. The number of aliphatic hydroxyl groups is 2. The predicted molar refractivity (Wildman–Crippen MR) is 76.8 cm³/mol. The Balaban J connectivity index is 2.19. The van der Waals surface area contributed by atoms with Crippen LogP contribution in [0.3, 0.4) is 0 Å². The van der Waals surface area contributed by atoms with Gasteiger partial charge < -0.3 is 15.1 Å². The van der Waals surface area contributed by atoms with Crippen LogP contribution in [-0.4, -0.2) is 29.4 Å². The van der Waals surface area contributed by atoms with Crippen LogP contribution in [0.15, 0.2) is 22.7 Å². The van der Waals surface area contributed by atoms with Crippen LogP contribution >= 0.6 is 15.9 Å². The van der Waals surface area contributed by atoms with E-state index in [0.29, 0.717) is 12.5 Å². The van der Waals surface area contributed by atoms with Gasteiger partial charge in [0.1, 0.15) is 0 Å². The number of nitrogens with zero attached hydrogens (tertiary/aromatic N) is 1. The Morgan fingerprint density at radius 3 is 2.72 bits per heavy atom. The molecule has 100 valence electrons. The smallest absolute Gasteiger partial charge is 0.0762 e. The molecule has 4 heteroatoms. The Labute approximate surface area is 117 Å². The highest BCUT2D eigenvalue weighted by atomic mass is 79.9. The Bertz CT molecular complexity index is 422. The number of benzene rings is 1. The van der Waals surface area contributed by atoms with Crippen LogP contribution in [0.1, 0.15) is 31.9 Å². The van der Waals surface area contributed by atoms with Crippen LogP contribution in [-0.2, 0) is 0 Å². The number of piperidine rings is 1. The van der Waals surface area contributed by atoms with Gasteiger partial charge in [0.2, 0.25) is 0 Å². The van der Waals surface area contributed by atoms with Crippen molar-refractivity contribution < 1.29 is 10.2 Å². The molecule has 18 heavy (non-hydrogen) atoms. The third-order valence-corrected chi connectivity index (χ3v) is 4.35. The quantitative estimate of drug-likeness (QED) is 0.882. The number of rotatable bonds is 2. The van der Waals surface area contributed by atoms with Crippen molar-refractivity contribution in [3.05, 3.63) is 28.2 Å². The molecule has 1 aliphatic rings. The van der Waals surface area contributed by atoms with E-state index in [0.717, 1.165) is 28.7 Å². The number of hydrogen-bond donors (Lipinski definition) is 2. The summed E-state index contributed by atoms with van der Waals surface area (Å²) in [4.78, 5) is 2.20. The SMILES string of the molecule is CC1CCN(c2ccc([C@H](C)O)cc2Br)CC1O. The van der Waals surface area contributed by atoms with Gasteiger partial charge in [-0.25, -0.2) is 0 Å². The van der Waals surface area contributed by atoms with E-state index in [1.165, 1.54) is 0 Å². The lowest BCUT2D eigenvalue weighted by Crippen LogP contribution is -2.43. The Morgan fingerprint density at radius 1 is 1.44 bits per heavy atom. The molecule has 0 saturated carbocycles. The summed E-state index contributed by atoms with van der Waals surface area (Å²) in [5.74, 6) is 0.372. The van der Waals surface area contributed by atoms with E-state index >= 15 is 0 Å². The lowest BCUT2D eigenvalue weighted by molar-refractivity contribution is 0.103. The first-order valence-electron chi connectivity index (χ1n) is 6.39. The molecular formula is C14H20BrNO2. The molecule has 0 radical (unpaired) electrons. The second-order valence-corrected chi connectivity index (χ2v) is 6.02. The number of aliphatic hydroxyl groups excluding tert-OH is 2. The van der Waals surface area contributed by atoms with Crippen LogP contribution in [0.2, 0.25) is 0 Å². The van der Waals surface area contributed by atoms with Gasteiger partial charge in [-0.15, -0.1) is 0 Å². The van der Waals surface area contributed by atoms with Crippen LogP contribution in [0.4, 0.5) is 5.69 Å². The molecule has 3 atom stereocenters. The molecule has 1 aromatic rings. The second-order valence-electron chi connectivity index (χ2n) is 5.17. The van der Waals surface area contributed by atoms with Gasteiger partial charge in [-0.1, -0.05) is 13.0 Å². The summed E-state index contributed by atoms with van der Waals surface area (Å²) in [6, 6.07) is 5.90. The molecule has 0 spiro atoms. The summed E-state index contributed by atoms with van der Waals surface area (Å²) in [5.41, 5.74) is 1.99. The first kappa shape index (κ1) is 13.8.